The van der Waals surface area contributed by atoms with Gasteiger partial charge < -0.3 is 27.9 Å². The fourth-order valence-electron chi connectivity index (χ4n) is 3.24. The van der Waals surface area contributed by atoms with Crippen molar-refractivity contribution in [3.05, 3.63) is 94.9 Å². The summed E-state index contributed by atoms with van der Waals surface area (Å²) in [6.45, 7) is 1.84. The van der Waals surface area contributed by atoms with Crippen LogP contribution in [0, 0.1) is 12.3 Å². The maximum absolute atomic E-state index is 13.2. The van der Waals surface area contributed by atoms with Crippen molar-refractivity contribution >= 4 is 36.2 Å². The number of nitrogens with zero attached hydrogens (tertiary/aromatic N) is 5. The Bertz CT molecular complexity index is 1540. The fraction of sp³-hybridized carbons (Fsp3) is 0.0833. The molecule has 0 radical (unpaired) electrons. The highest BCUT2D eigenvalue weighted by Gasteiger charge is 2.39. The second-order valence-electron chi connectivity index (χ2n) is 7.94. The summed E-state index contributed by atoms with van der Waals surface area (Å²) in [5, 5.41) is 14.5. The standard InChI is InChI=1S/C24H16F3N7O.BF4/c1-14-4-6-17(31-22(35)15-5-7-20(34-28)18(11-15)24(25,26)27)12-21(14)33-23-30-10-8-19(32-23)16-3-2-9-29-13-16;2-1(3,4)5/h2-13H,1H3,(H-,30,31,32,33,35);/q;-1/p+1. The van der Waals surface area contributed by atoms with Gasteiger partial charge in [-0.1, -0.05) is 6.07 Å². The second kappa shape index (κ2) is 12.2. The summed E-state index contributed by atoms with van der Waals surface area (Å²) in [6, 6.07) is 13.1. The number of benzene rings is 2. The van der Waals surface area contributed by atoms with Crippen molar-refractivity contribution in [2.45, 2.75) is 13.1 Å². The number of carbonyl (C=O) groups is 1. The normalized spacial score (nSPS) is 11.1. The van der Waals surface area contributed by atoms with Gasteiger partial charge in [-0.05, 0) is 55.0 Å². The molecule has 4 rings (SSSR count). The first kappa shape index (κ1) is 29.5. The van der Waals surface area contributed by atoms with Gasteiger partial charge in [0.05, 0.1) is 5.69 Å². The van der Waals surface area contributed by atoms with Crippen molar-refractivity contribution in [3.63, 3.8) is 0 Å². The number of pyridine rings is 1. The first-order valence-corrected chi connectivity index (χ1v) is 11.1. The molecule has 0 aliphatic carbocycles. The van der Waals surface area contributed by atoms with Gasteiger partial charge in [-0.3, -0.25) is 9.78 Å². The van der Waals surface area contributed by atoms with E-state index in [2.05, 4.69) is 30.6 Å². The van der Waals surface area contributed by atoms with E-state index in [9.17, 15) is 35.2 Å². The largest absolute Gasteiger partial charge is 0.673 e. The van der Waals surface area contributed by atoms with Crippen LogP contribution in [0.4, 0.5) is 53.4 Å². The zero-order chi connectivity index (χ0) is 29.5. The molecule has 206 valence electrons. The summed E-state index contributed by atoms with van der Waals surface area (Å²) in [7, 11) is -6.00. The molecular weight excluding hydrogens is 546 g/mol. The molecule has 0 unspecified atom stereocenters. The number of halogens is 7. The lowest BCUT2D eigenvalue weighted by Gasteiger charge is -2.12. The Hall–Kier alpha value is -5.07. The van der Waals surface area contributed by atoms with E-state index >= 15 is 0 Å². The van der Waals surface area contributed by atoms with E-state index in [4.69, 9.17) is 5.39 Å². The predicted molar refractivity (Wildman–Crippen MR) is 134 cm³/mol. The Kier molecular flexibility index (Phi) is 8.99. The van der Waals surface area contributed by atoms with E-state index in [1.54, 1.807) is 48.9 Å². The summed E-state index contributed by atoms with van der Waals surface area (Å²) in [6.07, 6.45) is 0.147. The van der Waals surface area contributed by atoms with Crippen LogP contribution in [0.25, 0.3) is 16.2 Å². The van der Waals surface area contributed by atoms with Crippen LogP contribution in [0.3, 0.4) is 0 Å². The summed E-state index contributed by atoms with van der Waals surface area (Å²) >= 11 is 0. The van der Waals surface area contributed by atoms with Crippen LogP contribution in [0.5, 0.6) is 0 Å². The molecule has 2 heterocycles. The Morgan fingerprint density at radius 2 is 1.73 bits per heavy atom. The molecule has 8 nitrogen and oxygen atoms in total. The van der Waals surface area contributed by atoms with Crippen molar-refractivity contribution in [2.24, 2.45) is 0 Å². The number of nitrogens with one attached hydrogen (secondary N) is 2. The highest BCUT2D eigenvalue weighted by molar-refractivity contribution is 6.50. The summed E-state index contributed by atoms with van der Waals surface area (Å²) in [5.74, 6) is -0.444. The number of carbonyl (C=O) groups excluding carboxylic acids is 1. The van der Waals surface area contributed by atoms with Crippen LogP contribution in [0.2, 0.25) is 0 Å². The van der Waals surface area contributed by atoms with Gasteiger partial charge >= 0.3 is 19.1 Å². The van der Waals surface area contributed by atoms with Crippen LogP contribution in [-0.2, 0) is 6.18 Å². The SMILES string of the molecule is Cc1ccc(NC(=O)c2ccc([N+]#N)c(C(F)(F)F)c2)cc1Nc1nccc(-c2cccnc2)n1.F[B-](F)(F)F. The number of hydrogen-bond donors (Lipinski definition) is 2. The first-order chi connectivity index (χ1) is 18.7. The number of anilines is 3. The average Bonchev–Trinajstić information content (AvgIpc) is 2.89. The molecule has 1 amide bonds. The summed E-state index contributed by atoms with van der Waals surface area (Å²) in [5.41, 5.74) is 1.10. The van der Waals surface area contributed by atoms with Crippen LogP contribution >= 0.6 is 0 Å². The summed E-state index contributed by atoms with van der Waals surface area (Å²) < 4.78 is 78.7. The minimum absolute atomic E-state index is 0.243. The third-order valence-corrected chi connectivity index (χ3v) is 5.03. The van der Waals surface area contributed by atoms with Crippen LogP contribution in [0.15, 0.2) is 73.2 Å². The van der Waals surface area contributed by atoms with E-state index < -0.39 is 30.6 Å². The fourth-order valence-corrected chi connectivity index (χ4v) is 3.24. The van der Waals surface area contributed by atoms with Gasteiger partial charge in [0.1, 0.15) is 0 Å². The molecule has 2 aromatic heterocycles. The predicted octanol–water partition coefficient (Wildman–Crippen LogP) is 7.65. The zero-order valence-corrected chi connectivity index (χ0v) is 20.3. The number of aromatic nitrogens is 3. The maximum atomic E-state index is 13.2. The molecule has 4 aromatic rings. The molecule has 0 aliphatic rings. The molecule has 40 heavy (non-hydrogen) atoms. The van der Waals surface area contributed by atoms with Gasteiger partial charge in [0.15, 0.2) is 10.5 Å². The minimum atomic E-state index is -6.00. The highest BCUT2D eigenvalue weighted by atomic mass is 19.5. The van der Waals surface area contributed by atoms with Crippen molar-refractivity contribution in [1.82, 2.24) is 15.0 Å². The smallest absolute Gasteiger partial charge is 0.418 e. The highest BCUT2D eigenvalue weighted by Crippen LogP contribution is 2.37. The number of alkyl halides is 3. The van der Waals surface area contributed by atoms with Gasteiger partial charge in [0.25, 0.3) is 5.91 Å². The van der Waals surface area contributed by atoms with Crippen molar-refractivity contribution in [3.8, 4) is 11.3 Å². The first-order valence-electron chi connectivity index (χ1n) is 11.1. The van der Waals surface area contributed by atoms with E-state index in [-0.39, 0.29) is 5.56 Å². The molecule has 16 heteroatoms. The van der Waals surface area contributed by atoms with Gasteiger partial charge in [-0.25, -0.2) is 9.97 Å². The number of rotatable bonds is 5. The molecule has 0 spiro atoms. The van der Waals surface area contributed by atoms with Crippen LogP contribution in [-0.4, -0.2) is 28.1 Å². The lowest BCUT2D eigenvalue weighted by atomic mass is 10.1. The summed E-state index contributed by atoms with van der Waals surface area (Å²) in [4.78, 5) is 28.0. The van der Waals surface area contributed by atoms with E-state index in [1.807, 2.05) is 13.0 Å². The third-order valence-electron chi connectivity index (χ3n) is 5.03. The van der Waals surface area contributed by atoms with Gasteiger partial charge in [-0.2, -0.15) is 13.2 Å². The lowest BCUT2D eigenvalue weighted by molar-refractivity contribution is -0.136. The lowest BCUT2D eigenvalue weighted by Crippen LogP contribution is -2.14. The van der Waals surface area contributed by atoms with Crippen molar-refractivity contribution in [1.29, 1.82) is 5.39 Å². The molecule has 2 N–H and O–H groups in total. The van der Waals surface area contributed by atoms with Gasteiger partial charge in [0.2, 0.25) is 11.3 Å². The third kappa shape index (κ3) is 8.48. The van der Waals surface area contributed by atoms with Crippen LogP contribution < -0.4 is 10.6 Å². The molecule has 0 bridgehead atoms. The Morgan fingerprint density at radius 1 is 1.00 bits per heavy atom. The second-order valence-corrected chi connectivity index (χ2v) is 7.94. The Morgan fingerprint density at radius 3 is 2.35 bits per heavy atom. The quantitative estimate of drug-likeness (QED) is 0.147. The zero-order valence-electron chi connectivity index (χ0n) is 20.3. The van der Waals surface area contributed by atoms with E-state index in [0.717, 1.165) is 23.3 Å². The maximum Gasteiger partial charge on any atom is 0.673 e. The molecule has 0 fully saturated rings. The van der Waals surface area contributed by atoms with E-state index in [1.165, 1.54) is 0 Å². The molecule has 0 aliphatic heterocycles. The number of hydrogen-bond acceptors (Lipinski definition) is 6. The monoisotopic (exact) mass is 563 g/mol. The Balaban J connectivity index is 0.000000810. The number of diazo groups is 1. The van der Waals surface area contributed by atoms with Crippen molar-refractivity contribution in [2.75, 3.05) is 10.6 Å². The molecule has 0 saturated carbocycles. The van der Waals surface area contributed by atoms with Crippen LogP contribution in [0.1, 0.15) is 21.5 Å². The van der Waals surface area contributed by atoms with Crippen molar-refractivity contribution < 1.29 is 35.2 Å². The van der Waals surface area contributed by atoms with Gasteiger partial charge in [0, 0.05) is 47.2 Å². The number of amides is 1. The average molecular weight is 563 g/mol. The Labute approximate surface area is 222 Å². The molecular formula is C24H17BF7N7O. The topological polar surface area (TPSA) is 108 Å². The van der Waals surface area contributed by atoms with E-state index in [0.29, 0.717) is 29.1 Å². The number of aryl methyl sites for hydroxylation is 1. The van der Waals surface area contributed by atoms with Gasteiger partial charge in [-0.15, -0.1) is 0 Å². The molecule has 2 aromatic carbocycles. The molecule has 0 atom stereocenters. The minimum Gasteiger partial charge on any atom is -0.418 e. The molecule has 0 saturated heterocycles.